The fourth-order valence-corrected chi connectivity index (χ4v) is 2.07. The van der Waals surface area contributed by atoms with Gasteiger partial charge in [-0.15, -0.1) is 0 Å². The molecule has 0 aliphatic heterocycles. The third kappa shape index (κ3) is 3.69. The van der Waals surface area contributed by atoms with Crippen molar-refractivity contribution in [3.05, 3.63) is 28.8 Å². The van der Waals surface area contributed by atoms with Crippen molar-refractivity contribution in [3.8, 4) is 5.75 Å². The van der Waals surface area contributed by atoms with Crippen LogP contribution in [-0.2, 0) is 6.42 Å². The molecule has 2 N–H and O–H groups in total. The number of hydrogen-bond donors (Lipinski definition) is 1. The molecule has 0 saturated heterocycles. The maximum Gasteiger partial charge on any atom is 0.122 e. The van der Waals surface area contributed by atoms with E-state index in [1.807, 2.05) is 18.2 Å². The van der Waals surface area contributed by atoms with Gasteiger partial charge < -0.3 is 10.5 Å². The summed E-state index contributed by atoms with van der Waals surface area (Å²) in [5, 5.41) is 0.749. The normalized spacial score (nSPS) is 11.6. The van der Waals surface area contributed by atoms with E-state index in [0.717, 1.165) is 29.2 Å². The van der Waals surface area contributed by atoms with Crippen molar-refractivity contribution in [3.63, 3.8) is 0 Å². The van der Waals surface area contributed by atoms with Crippen LogP contribution in [0.25, 0.3) is 0 Å². The standard InChI is InChI=1S/C13H20ClNO/c1-13(2,6-7-15)9-10-8-11(14)4-5-12(10)16-3/h4-5,8H,6-7,9,15H2,1-3H3. The minimum Gasteiger partial charge on any atom is -0.496 e. The highest BCUT2D eigenvalue weighted by Crippen LogP contribution is 2.31. The summed E-state index contributed by atoms with van der Waals surface area (Å²) < 4.78 is 5.33. The molecule has 0 unspecified atom stereocenters. The van der Waals surface area contributed by atoms with Gasteiger partial charge in [-0.2, -0.15) is 0 Å². The first-order valence-electron chi connectivity index (χ1n) is 5.51. The summed E-state index contributed by atoms with van der Waals surface area (Å²) in [7, 11) is 1.68. The van der Waals surface area contributed by atoms with Crippen molar-refractivity contribution < 1.29 is 4.74 Å². The van der Waals surface area contributed by atoms with E-state index >= 15 is 0 Å². The lowest BCUT2D eigenvalue weighted by atomic mass is 9.82. The van der Waals surface area contributed by atoms with Crippen LogP contribution in [0.15, 0.2) is 18.2 Å². The van der Waals surface area contributed by atoms with E-state index in [4.69, 9.17) is 22.1 Å². The number of halogens is 1. The molecular formula is C13H20ClNO. The molecule has 0 atom stereocenters. The highest BCUT2D eigenvalue weighted by atomic mass is 35.5. The fraction of sp³-hybridized carbons (Fsp3) is 0.538. The van der Waals surface area contributed by atoms with E-state index in [2.05, 4.69) is 13.8 Å². The predicted octanol–water partition coefficient (Wildman–Crippen LogP) is 3.27. The maximum atomic E-state index is 6.00. The van der Waals surface area contributed by atoms with Crippen LogP contribution in [0.2, 0.25) is 5.02 Å². The van der Waals surface area contributed by atoms with E-state index < -0.39 is 0 Å². The lowest BCUT2D eigenvalue weighted by molar-refractivity contribution is 0.329. The second-order valence-electron chi connectivity index (χ2n) is 4.84. The average molecular weight is 242 g/mol. The van der Waals surface area contributed by atoms with Gasteiger partial charge in [0.05, 0.1) is 7.11 Å². The number of methoxy groups -OCH3 is 1. The maximum absolute atomic E-state index is 6.00. The van der Waals surface area contributed by atoms with Crippen molar-refractivity contribution in [2.45, 2.75) is 26.7 Å². The number of hydrogen-bond acceptors (Lipinski definition) is 2. The van der Waals surface area contributed by atoms with Gasteiger partial charge in [0.25, 0.3) is 0 Å². The quantitative estimate of drug-likeness (QED) is 0.859. The van der Waals surface area contributed by atoms with Crippen molar-refractivity contribution in [1.82, 2.24) is 0 Å². The molecule has 0 saturated carbocycles. The van der Waals surface area contributed by atoms with E-state index in [0.29, 0.717) is 6.54 Å². The SMILES string of the molecule is COc1ccc(Cl)cc1CC(C)(C)CCN. The van der Waals surface area contributed by atoms with E-state index in [1.165, 1.54) is 0 Å². The van der Waals surface area contributed by atoms with Gasteiger partial charge in [0.15, 0.2) is 0 Å². The first-order chi connectivity index (χ1) is 7.48. The van der Waals surface area contributed by atoms with Crippen molar-refractivity contribution in [2.24, 2.45) is 11.1 Å². The van der Waals surface area contributed by atoms with Gasteiger partial charge in [0.2, 0.25) is 0 Å². The molecule has 0 radical (unpaired) electrons. The summed E-state index contributed by atoms with van der Waals surface area (Å²) in [5.74, 6) is 0.898. The number of rotatable bonds is 5. The van der Waals surface area contributed by atoms with E-state index in [9.17, 15) is 0 Å². The highest BCUT2D eigenvalue weighted by Gasteiger charge is 2.19. The summed E-state index contributed by atoms with van der Waals surface area (Å²) in [6, 6.07) is 5.73. The zero-order chi connectivity index (χ0) is 12.2. The lowest BCUT2D eigenvalue weighted by Gasteiger charge is -2.25. The van der Waals surface area contributed by atoms with E-state index in [-0.39, 0.29) is 5.41 Å². The molecule has 2 nitrogen and oxygen atoms in total. The Morgan fingerprint density at radius 2 is 2.06 bits per heavy atom. The molecule has 3 heteroatoms. The summed E-state index contributed by atoms with van der Waals surface area (Å²) >= 11 is 6.00. The third-order valence-electron chi connectivity index (χ3n) is 2.73. The Morgan fingerprint density at radius 3 is 2.62 bits per heavy atom. The minimum atomic E-state index is 0.173. The molecule has 16 heavy (non-hydrogen) atoms. The molecule has 1 aromatic carbocycles. The molecule has 0 aliphatic rings. The minimum absolute atomic E-state index is 0.173. The van der Waals surface area contributed by atoms with Crippen LogP contribution >= 0.6 is 11.6 Å². The van der Waals surface area contributed by atoms with Crippen LogP contribution in [0.1, 0.15) is 25.8 Å². The summed E-state index contributed by atoms with van der Waals surface area (Å²) in [6.45, 7) is 5.12. The first-order valence-corrected chi connectivity index (χ1v) is 5.89. The Bertz CT molecular complexity index is 350. The van der Waals surface area contributed by atoms with Gasteiger partial charge in [-0.25, -0.2) is 0 Å². The zero-order valence-corrected chi connectivity index (χ0v) is 11.0. The average Bonchev–Trinajstić information content (AvgIpc) is 2.17. The smallest absolute Gasteiger partial charge is 0.122 e. The molecule has 0 aliphatic carbocycles. The molecule has 0 amide bonds. The van der Waals surface area contributed by atoms with Gasteiger partial charge in [-0.05, 0) is 48.6 Å². The van der Waals surface area contributed by atoms with Gasteiger partial charge >= 0.3 is 0 Å². The zero-order valence-electron chi connectivity index (χ0n) is 10.2. The fourth-order valence-electron chi connectivity index (χ4n) is 1.88. The summed E-state index contributed by atoms with van der Waals surface area (Å²) in [6.07, 6.45) is 1.91. The Morgan fingerprint density at radius 1 is 1.38 bits per heavy atom. The first kappa shape index (κ1) is 13.3. The number of benzene rings is 1. The predicted molar refractivity (Wildman–Crippen MR) is 69.2 cm³/mol. The molecule has 0 fully saturated rings. The Labute approximate surface area is 103 Å². The Kier molecular flexibility index (Phi) is 4.63. The monoisotopic (exact) mass is 241 g/mol. The van der Waals surface area contributed by atoms with Crippen LogP contribution in [0.4, 0.5) is 0 Å². The molecule has 90 valence electrons. The Balaban J connectivity index is 2.90. The third-order valence-corrected chi connectivity index (χ3v) is 2.97. The summed E-state index contributed by atoms with van der Waals surface area (Å²) in [5.41, 5.74) is 6.93. The molecule has 0 spiro atoms. The molecule has 0 heterocycles. The topological polar surface area (TPSA) is 35.2 Å². The molecular weight excluding hydrogens is 222 g/mol. The number of ether oxygens (including phenoxy) is 1. The van der Waals surface area contributed by atoms with Crippen LogP contribution in [-0.4, -0.2) is 13.7 Å². The number of nitrogens with two attached hydrogens (primary N) is 1. The molecule has 0 bridgehead atoms. The molecule has 1 rings (SSSR count). The summed E-state index contributed by atoms with van der Waals surface area (Å²) in [4.78, 5) is 0. The van der Waals surface area contributed by atoms with Crippen molar-refractivity contribution in [2.75, 3.05) is 13.7 Å². The Hall–Kier alpha value is -0.730. The van der Waals surface area contributed by atoms with Crippen LogP contribution in [0.3, 0.4) is 0 Å². The van der Waals surface area contributed by atoms with Crippen molar-refractivity contribution in [1.29, 1.82) is 0 Å². The largest absolute Gasteiger partial charge is 0.496 e. The highest BCUT2D eigenvalue weighted by molar-refractivity contribution is 6.30. The van der Waals surface area contributed by atoms with E-state index in [1.54, 1.807) is 7.11 Å². The van der Waals surface area contributed by atoms with Gasteiger partial charge in [-0.3, -0.25) is 0 Å². The second kappa shape index (κ2) is 5.55. The van der Waals surface area contributed by atoms with Gasteiger partial charge in [-0.1, -0.05) is 25.4 Å². The van der Waals surface area contributed by atoms with Gasteiger partial charge in [0.1, 0.15) is 5.75 Å². The van der Waals surface area contributed by atoms with Crippen LogP contribution < -0.4 is 10.5 Å². The molecule has 0 aromatic heterocycles. The van der Waals surface area contributed by atoms with Gasteiger partial charge in [0, 0.05) is 5.02 Å². The lowest BCUT2D eigenvalue weighted by Crippen LogP contribution is -2.20. The van der Waals surface area contributed by atoms with Crippen LogP contribution in [0, 0.1) is 5.41 Å². The van der Waals surface area contributed by atoms with Crippen molar-refractivity contribution >= 4 is 11.6 Å². The molecule has 1 aromatic rings. The van der Waals surface area contributed by atoms with Crippen LogP contribution in [0.5, 0.6) is 5.75 Å². The second-order valence-corrected chi connectivity index (χ2v) is 5.27.